The number of quaternary nitrogens is 1. The van der Waals surface area contributed by atoms with Gasteiger partial charge in [-0.2, -0.15) is 0 Å². The van der Waals surface area contributed by atoms with Gasteiger partial charge in [-0.3, -0.25) is 9.69 Å². The van der Waals surface area contributed by atoms with Crippen molar-refractivity contribution < 1.29 is 19.2 Å². The lowest BCUT2D eigenvalue weighted by Gasteiger charge is -2.34. The fraction of sp³-hybridized carbons (Fsp3) is 0.481. The van der Waals surface area contributed by atoms with Gasteiger partial charge in [0.2, 0.25) is 0 Å². The van der Waals surface area contributed by atoms with Gasteiger partial charge in [0.25, 0.3) is 5.91 Å². The predicted molar refractivity (Wildman–Crippen MR) is 131 cm³/mol. The highest BCUT2D eigenvalue weighted by Crippen LogP contribution is 2.32. The van der Waals surface area contributed by atoms with E-state index in [1.165, 1.54) is 4.90 Å². The molecule has 0 radical (unpaired) electrons. The van der Waals surface area contributed by atoms with E-state index in [0.29, 0.717) is 6.54 Å². The van der Waals surface area contributed by atoms with Crippen LogP contribution in [0.1, 0.15) is 32.1 Å². The van der Waals surface area contributed by atoms with Crippen LogP contribution in [0.2, 0.25) is 0 Å². The maximum atomic E-state index is 12.6. The quantitative estimate of drug-likeness (QED) is 0.483. The molecule has 3 heterocycles. The van der Waals surface area contributed by atoms with Crippen molar-refractivity contribution in [2.75, 3.05) is 50.7 Å². The number of benzene rings is 2. The Bertz CT molecular complexity index is 966. The number of hydrogen-bond acceptors (Lipinski definition) is 4. The molecular formula is C27H35N4O3+. The van der Waals surface area contributed by atoms with Gasteiger partial charge in [-0.15, -0.1) is 0 Å². The number of carbonyl (C=O) groups is 2. The van der Waals surface area contributed by atoms with Crippen LogP contribution in [0.25, 0.3) is 0 Å². The Balaban J connectivity index is 1.07. The number of nitrogens with zero attached hydrogens (tertiary/aromatic N) is 3. The molecule has 5 rings (SSSR count). The number of anilines is 1. The van der Waals surface area contributed by atoms with Crippen LogP contribution in [0.15, 0.2) is 54.6 Å². The summed E-state index contributed by atoms with van der Waals surface area (Å²) in [4.78, 5) is 32.5. The lowest BCUT2D eigenvalue weighted by Crippen LogP contribution is -3.14. The molecule has 3 fully saturated rings. The van der Waals surface area contributed by atoms with E-state index in [0.717, 1.165) is 88.6 Å². The summed E-state index contributed by atoms with van der Waals surface area (Å²) in [7, 11) is 0. The minimum atomic E-state index is -0.186. The number of fused-ring (bicyclic) bond motifs is 1. The molecule has 1 atom stereocenters. The van der Waals surface area contributed by atoms with Crippen molar-refractivity contribution in [1.82, 2.24) is 9.80 Å². The maximum absolute atomic E-state index is 12.6. The van der Waals surface area contributed by atoms with E-state index in [1.807, 2.05) is 42.5 Å². The maximum Gasteiger partial charge on any atom is 0.327 e. The fourth-order valence-electron chi connectivity index (χ4n) is 5.43. The average molecular weight is 464 g/mol. The van der Waals surface area contributed by atoms with Gasteiger partial charge in [0.05, 0.1) is 38.4 Å². The number of piperidine rings is 1. The van der Waals surface area contributed by atoms with Gasteiger partial charge >= 0.3 is 6.03 Å². The molecule has 3 saturated heterocycles. The van der Waals surface area contributed by atoms with E-state index in [4.69, 9.17) is 4.74 Å². The molecule has 3 aliphatic heterocycles. The number of nitrogens with one attached hydrogen (secondary N) is 1. The molecule has 34 heavy (non-hydrogen) atoms. The fourth-order valence-corrected chi connectivity index (χ4v) is 5.43. The van der Waals surface area contributed by atoms with E-state index in [1.54, 1.807) is 9.80 Å². The molecule has 3 amide bonds. The van der Waals surface area contributed by atoms with Crippen LogP contribution < -0.4 is 14.5 Å². The second-order valence-electron chi connectivity index (χ2n) is 9.55. The summed E-state index contributed by atoms with van der Waals surface area (Å²) in [6.45, 7) is 6.52. The van der Waals surface area contributed by atoms with Crippen LogP contribution in [0, 0.1) is 0 Å². The van der Waals surface area contributed by atoms with Crippen molar-refractivity contribution in [2.45, 2.75) is 38.1 Å². The largest absolute Gasteiger partial charge is 0.455 e. The third-order valence-electron chi connectivity index (χ3n) is 7.34. The molecule has 7 heteroatoms. The Hall–Kier alpha value is -3.06. The minimum Gasteiger partial charge on any atom is -0.455 e. The zero-order chi connectivity index (χ0) is 23.3. The summed E-state index contributed by atoms with van der Waals surface area (Å²) < 4.78 is 6.16. The first-order valence-electron chi connectivity index (χ1n) is 12.7. The van der Waals surface area contributed by atoms with E-state index >= 15 is 0 Å². The summed E-state index contributed by atoms with van der Waals surface area (Å²) in [5.74, 6) is 1.78. The smallest absolute Gasteiger partial charge is 0.327 e. The number of imide groups is 1. The number of hydrogen-bond donors (Lipinski definition) is 1. The lowest BCUT2D eigenvalue weighted by atomic mass is 10.0. The molecule has 2 aromatic rings. The molecule has 0 aromatic heterocycles. The summed E-state index contributed by atoms with van der Waals surface area (Å²) in [6.07, 6.45) is 4.81. The molecule has 180 valence electrons. The van der Waals surface area contributed by atoms with Crippen molar-refractivity contribution >= 4 is 17.6 Å². The monoisotopic (exact) mass is 463 g/mol. The van der Waals surface area contributed by atoms with Crippen LogP contribution in [-0.4, -0.2) is 73.6 Å². The van der Waals surface area contributed by atoms with E-state index in [-0.39, 0.29) is 18.0 Å². The van der Waals surface area contributed by atoms with Crippen molar-refractivity contribution in [2.24, 2.45) is 0 Å². The molecule has 0 saturated carbocycles. The van der Waals surface area contributed by atoms with E-state index < -0.39 is 0 Å². The molecule has 2 aromatic carbocycles. The molecule has 0 bridgehead atoms. The zero-order valence-corrected chi connectivity index (χ0v) is 19.8. The minimum absolute atomic E-state index is 0.0297. The molecule has 3 aliphatic rings. The lowest BCUT2D eigenvalue weighted by molar-refractivity contribution is -0.900. The second-order valence-corrected chi connectivity index (χ2v) is 9.55. The Morgan fingerprint density at radius 2 is 1.65 bits per heavy atom. The van der Waals surface area contributed by atoms with Crippen LogP contribution in [0.4, 0.5) is 10.5 Å². The number of para-hydroxylation sites is 3. The van der Waals surface area contributed by atoms with Crippen molar-refractivity contribution in [3.05, 3.63) is 54.6 Å². The topological polar surface area (TPSA) is 57.5 Å². The third-order valence-corrected chi connectivity index (χ3v) is 7.34. The summed E-state index contributed by atoms with van der Waals surface area (Å²) >= 11 is 0. The van der Waals surface area contributed by atoms with Gasteiger partial charge in [0.15, 0.2) is 5.75 Å². The summed E-state index contributed by atoms with van der Waals surface area (Å²) in [6, 6.07) is 17.9. The van der Waals surface area contributed by atoms with Crippen molar-refractivity contribution in [1.29, 1.82) is 0 Å². The molecule has 0 spiro atoms. The first-order chi connectivity index (χ1) is 16.7. The van der Waals surface area contributed by atoms with Gasteiger partial charge in [0.1, 0.15) is 11.8 Å². The molecule has 1 N–H and O–H groups in total. The second kappa shape index (κ2) is 10.5. The number of unbranched alkanes of at least 4 members (excludes halogenated alkanes) is 1. The predicted octanol–water partition coefficient (Wildman–Crippen LogP) is 2.78. The van der Waals surface area contributed by atoms with E-state index in [2.05, 4.69) is 17.0 Å². The highest BCUT2D eigenvalue weighted by atomic mass is 16.5. The van der Waals surface area contributed by atoms with Crippen molar-refractivity contribution in [3.63, 3.8) is 0 Å². The molecular weight excluding hydrogens is 428 g/mol. The number of carbonyl (C=O) groups excluding carboxylic acids is 2. The van der Waals surface area contributed by atoms with Crippen LogP contribution >= 0.6 is 0 Å². The Morgan fingerprint density at radius 1 is 0.882 bits per heavy atom. The van der Waals surface area contributed by atoms with Gasteiger partial charge in [-0.05, 0) is 56.4 Å². The van der Waals surface area contributed by atoms with E-state index in [9.17, 15) is 9.59 Å². The van der Waals surface area contributed by atoms with Gasteiger partial charge in [0, 0.05) is 13.1 Å². The number of rotatable bonds is 8. The first-order valence-corrected chi connectivity index (χ1v) is 12.7. The highest BCUT2D eigenvalue weighted by Gasteiger charge is 2.45. The molecule has 7 nitrogen and oxygen atoms in total. The van der Waals surface area contributed by atoms with Crippen LogP contribution in [0.3, 0.4) is 0 Å². The summed E-state index contributed by atoms with van der Waals surface area (Å²) in [5, 5.41) is 0. The Morgan fingerprint density at radius 3 is 2.44 bits per heavy atom. The highest BCUT2D eigenvalue weighted by molar-refractivity contribution is 6.04. The number of ether oxygens (including phenoxy) is 1. The van der Waals surface area contributed by atoms with Gasteiger partial charge < -0.3 is 19.4 Å². The average Bonchev–Trinajstić information content (AvgIpc) is 3.13. The Kier molecular flexibility index (Phi) is 7.00. The SMILES string of the molecule is O=C1[C@@H]2CCCCN2C(=O)N1CCCC[NH+]1CCN(c2ccccc2Oc2ccccc2)CC1. The number of amides is 3. The number of urea groups is 1. The van der Waals surface area contributed by atoms with Crippen LogP contribution in [0.5, 0.6) is 11.5 Å². The Labute approximate surface area is 201 Å². The van der Waals surface area contributed by atoms with Gasteiger partial charge in [-0.25, -0.2) is 4.79 Å². The molecule has 0 aliphatic carbocycles. The molecule has 0 unspecified atom stereocenters. The third kappa shape index (κ3) is 4.89. The first kappa shape index (κ1) is 22.7. The number of piperazine rings is 1. The summed E-state index contributed by atoms with van der Waals surface area (Å²) in [5.41, 5.74) is 1.15. The van der Waals surface area contributed by atoms with Crippen LogP contribution in [-0.2, 0) is 4.79 Å². The normalized spacial score (nSPS) is 21.2. The zero-order valence-electron chi connectivity index (χ0n) is 19.8. The van der Waals surface area contributed by atoms with Crippen molar-refractivity contribution in [3.8, 4) is 11.5 Å². The van der Waals surface area contributed by atoms with Gasteiger partial charge in [-0.1, -0.05) is 30.3 Å². The standard InChI is InChI=1S/C27H34N4O3/c32-26-24-13-6-7-16-30(24)27(33)31(26)17-9-8-15-28-18-20-29(21-19-28)23-12-4-5-14-25(23)34-22-10-2-1-3-11-22/h1-5,10-12,14,24H,6-9,13,15-21H2/p+1/t24-/m0/s1.